The second kappa shape index (κ2) is 7.84. The Bertz CT molecular complexity index is 1240. The van der Waals surface area contributed by atoms with Crippen molar-refractivity contribution in [3.8, 4) is 0 Å². The van der Waals surface area contributed by atoms with Crippen LogP contribution in [0.5, 0.6) is 0 Å². The van der Waals surface area contributed by atoms with Gasteiger partial charge in [0.2, 0.25) is 16.0 Å². The molecule has 3 N–H and O–H groups in total. The molecule has 0 radical (unpaired) electrons. The summed E-state index contributed by atoms with van der Waals surface area (Å²) in [5, 5.41) is 2.01. The van der Waals surface area contributed by atoms with Gasteiger partial charge in [-0.05, 0) is 13.0 Å². The number of sulfonamides is 1. The van der Waals surface area contributed by atoms with Crippen LogP contribution < -0.4 is 11.1 Å². The zero-order chi connectivity index (χ0) is 23.3. The van der Waals surface area contributed by atoms with Gasteiger partial charge in [-0.1, -0.05) is 23.2 Å². The van der Waals surface area contributed by atoms with Gasteiger partial charge in [0, 0.05) is 19.3 Å². The van der Waals surface area contributed by atoms with Crippen molar-refractivity contribution < 1.29 is 26.4 Å². The summed E-state index contributed by atoms with van der Waals surface area (Å²) < 4.78 is 69.5. The number of aliphatic imine (C=N–C) groups is 1. The first-order valence-corrected chi connectivity index (χ1v) is 10.8. The van der Waals surface area contributed by atoms with Crippen LogP contribution in [-0.2, 0) is 15.6 Å². The third kappa shape index (κ3) is 4.14. The Kier molecular flexibility index (Phi) is 5.84. The van der Waals surface area contributed by atoms with Crippen molar-refractivity contribution in [1.29, 1.82) is 0 Å². The van der Waals surface area contributed by atoms with E-state index in [1.807, 2.05) is 5.32 Å². The maximum absolute atomic E-state index is 15.2. The monoisotopic (exact) mass is 495 g/mol. The minimum absolute atomic E-state index is 0.134. The Morgan fingerprint density at radius 3 is 2.48 bits per heavy atom. The molecular formula is C17H14Cl2F3N5O3S. The number of nitrogens with one attached hydrogen (secondary N) is 1. The van der Waals surface area contributed by atoms with Crippen LogP contribution in [0.1, 0.15) is 23.0 Å². The van der Waals surface area contributed by atoms with E-state index in [0.29, 0.717) is 10.4 Å². The van der Waals surface area contributed by atoms with Gasteiger partial charge < -0.3 is 11.1 Å². The van der Waals surface area contributed by atoms with Crippen molar-refractivity contribution in [3.63, 3.8) is 0 Å². The lowest BCUT2D eigenvalue weighted by Gasteiger charge is -2.35. The first-order chi connectivity index (χ1) is 14.3. The maximum Gasteiger partial charge on any atom is 0.275 e. The molecule has 0 bridgehead atoms. The average molecular weight is 496 g/mol. The summed E-state index contributed by atoms with van der Waals surface area (Å²) >= 11 is 11.6. The smallest absolute Gasteiger partial charge is 0.275 e. The number of hydrogen-bond donors (Lipinski definition) is 2. The lowest BCUT2D eigenvalue weighted by molar-refractivity contribution is 0.102. The molecule has 1 aliphatic heterocycles. The molecule has 1 amide bonds. The van der Waals surface area contributed by atoms with Gasteiger partial charge >= 0.3 is 0 Å². The Morgan fingerprint density at radius 2 is 1.90 bits per heavy atom. The van der Waals surface area contributed by atoms with E-state index >= 15 is 4.39 Å². The number of pyridine rings is 1. The molecule has 3 rings (SSSR count). The predicted molar refractivity (Wildman–Crippen MR) is 109 cm³/mol. The van der Waals surface area contributed by atoms with Gasteiger partial charge in [-0.25, -0.2) is 35.9 Å². The number of amides is 1. The van der Waals surface area contributed by atoms with E-state index in [0.717, 1.165) is 20.2 Å². The largest absolute Gasteiger partial charge is 0.369 e. The summed E-state index contributed by atoms with van der Waals surface area (Å²) in [7, 11) is -3.00. The van der Waals surface area contributed by atoms with Crippen LogP contribution in [0.25, 0.3) is 0 Å². The second-order valence-corrected chi connectivity index (χ2v) is 9.66. The first kappa shape index (κ1) is 23.1. The molecule has 31 heavy (non-hydrogen) atoms. The van der Waals surface area contributed by atoms with Gasteiger partial charge in [0.05, 0.1) is 27.0 Å². The zero-order valence-corrected chi connectivity index (χ0v) is 18.2. The van der Waals surface area contributed by atoms with Crippen molar-refractivity contribution in [2.24, 2.45) is 10.7 Å². The van der Waals surface area contributed by atoms with E-state index in [9.17, 15) is 22.0 Å². The first-order valence-electron chi connectivity index (χ1n) is 8.39. The van der Waals surface area contributed by atoms with E-state index in [1.165, 1.54) is 6.07 Å². The van der Waals surface area contributed by atoms with E-state index in [2.05, 4.69) is 9.98 Å². The van der Waals surface area contributed by atoms with Gasteiger partial charge in [-0.3, -0.25) is 4.79 Å². The minimum atomic E-state index is -4.11. The number of nitrogens with zero attached hydrogens (tertiary/aromatic N) is 3. The van der Waals surface area contributed by atoms with Gasteiger partial charge in [-0.2, -0.15) is 0 Å². The predicted octanol–water partition coefficient (Wildman–Crippen LogP) is 2.86. The fourth-order valence-electron chi connectivity index (χ4n) is 3.01. The molecule has 0 fully saturated rings. The maximum atomic E-state index is 15.2. The van der Waals surface area contributed by atoms with Gasteiger partial charge in [0.1, 0.15) is 11.2 Å². The van der Waals surface area contributed by atoms with Crippen LogP contribution >= 0.6 is 23.2 Å². The second-order valence-electron chi connectivity index (χ2n) is 6.81. The Hall–Kier alpha value is -2.57. The Morgan fingerprint density at radius 1 is 1.26 bits per heavy atom. The van der Waals surface area contributed by atoms with Crippen LogP contribution in [0.15, 0.2) is 23.3 Å². The van der Waals surface area contributed by atoms with Crippen molar-refractivity contribution in [3.05, 3.63) is 57.1 Å². The third-order valence-corrected chi connectivity index (χ3v) is 6.97. The molecule has 1 aliphatic rings. The molecule has 0 aliphatic carbocycles. The molecule has 1 aromatic carbocycles. The number of rotatable bonds is 3. The average Bonchev–Trinajstić information content (AvgIpc) is 2.63. The highest BCUT2D eigenvalue weighted by atomic mass is 35.5. The number of aromatic nitrogens is 1. The lowest BCUT2D eigenvalue weighted by Crippen LogP contribution is -2.50. The highest BCUT2D eigenvalue weighted by Crippen LogP contribution is 2.38. The molecule has 1 aromatic heterocycles. The van der Waals surface area contributed by atoms with E-state index in [1.54, 1.807) is 0 Å². The number of guanidine groups is 1. The summed E-state index contributed by atoms with van der Waals surface area (Å²) in [6.45, 7) is 1.08. The lowest BCUT2D eigenvalue weighted by atomic mass is 9.92. The van der Waals surface area contributed by atoms with Gasteiger partial charge in [0.25, 0.3) is 5.91 Å². The molecule has 166 valence electrons. The summed E-state index contributed by atoms with van der Waals surface area (Å²) in [6, 6.07) is 1.61. The highest BCUT2D eigenvalue weighted by molar-refractivity contribution is 7.89. The fourth-order valence-corrected chi connectivity index (χ4v) is 4.91. The molecular weight excluding hydrogens is 482 g/mol. The van der Waals surface area contributed by atoms with Gasteiger partial charge in [0.15, 0.2) is 17.5 Å². The molecule has 2 heterocycles. The normalized spacial score (nSPS) is 20.4. The van der Waals surface area contributed by atoms with Crippen LogP contribution in [-0.4, -0.2) is 42.4 Å². The van der Waals surface area contributed by atoms with E-state index in [4.69, 9.17) is 28.9 Å². The van der Waals surface area contributed by atoms with Gasteiger partial charge in [-0.15, -0.1) is 0 Å². The number of hydrogen-bond acceptors (Lipinski definition) is 6. The SMILES string of the molecule is CN1C(N)=N[C@](C)(c2c(F)c(F)cc(NC(=O)c3ncc(Cl)cc3Cl)c2F)CS1(=O)=O. The summed E-state index contributed by atoms with van der Waals surface area (Å²) in [5.41, 5.74) is 1.32. The van der Waals surface area contributed by atoms with Crippen LogP contribution in [0, 0.1) is 17.5 Å². The standard InChI is InChI=1S/C17H14Cl2F3N5O3S/c1-17(6-31(29,30)27(2)16(23)26-17)11-12(21)9(20)4-10(13(11)22)25-15(28)14-8(19)3-7(18)5-24-14/h3-5H,6H2,1-2H3,(H2,23,26)(H,25,28)/t17-/m0/s1. The van der Waals surface area contributed by atoms with Crippen molar-refractivity contribution in [2.75, 3.05) is 18.1 Å². The summed E-state index contributed by atoms with van der Waals surface area (Å²) in [6.07, 6.45) is 1.11. The molecule has 0 saturated heterocycles. The quantitative estimate of drug-likeness (QED) is 0.634. The number of benzene rings is 1. The number of anilines is 1. The fraction of sp³-hybridized carbons (Fsp3) is 0.235. The van der Waals surface area contributed by atoms with E-state index < -0.39 is 61.9 Å². The molecule has 0 saturated carbocycles. The van der Waals surface area contributed by atoms with Crippen molar-refractivity contribution in [1.82, 2.24) is 9.29 Å². The topological polar surface area (TPSA) is 118 Å². The highest BCUT2D eigenvalue weighted by Gasteiger charge is 2.44. The molecule has 14 heteroatoms. The molecule has 1 atom stereocenters. The molecule has 0 unspecified atom stereocenters. The molecule has 0 spiro atoms. The number of halogens is 5. The summed E-state index contributed by atoms with van der Waals surface area (Å²) in [4.78, 5) is 20.0. The van der Waals surface area contributed by atoms with Crippen LogP contribution in [0.3, 0.4) is 0 Å². The van der Waals surface area contributed by atoms with E-state index in [-0.39, 0.29) is 15.7 Å². The number of nitrogens with two attached hydrogens (primary N) is 1. The van der Waals surface area contributed by atoms with Crippen molar-refractivity contribution in [2.45, 2.75) is 12.5 Å². The van der Waals surface area contributed by atoms with Crippen LogP contribution in [0.4, 0.5) is 18.9 Å². The minimum Gasteiger partial charge on any atom is -0.369 e. The molecule has 2 aromatic rings. The molecule has 8 nitrogen and oxygen atoms in total. The number of carbonyl (C=O) groups is 1. The van der Waals surface area contributed by atoms with Crippen LogP contribution in [0.2, 0.25) is 10.0 Å². The summed E-state index contributed by atoms with van der Waals surface area (Å²) in [5.74, 6) is -7.13. The Balaban J connectivity index is 2.12. The number of carbonyl (C=O) groups excluding carboxylic acids is 1. The zero-order valence-electron chi connectivity index (χ0n) is 15.9. The third-order valence-electron chi connectivity index (χ3n) is 4.53. The van der Waals surface area contributed by atoms with Crippen molar-refractivity contribution >= 4 is 50.8 Å². The Labute approximate surface area is 184 Å².